The van der Waals surface area contributed by atoms with Gasteiger partial charge in [0, 0.05) is 32.3 Å². The fourth-order valence-electron chi connectivity index (χ4n) is 1.16. The van der Waals surface area contributed by atoms with Gasteiger partial charge in [0.2, 0.25) is 5.91 Å². The molecule has 0 atom stereocenters. The molecule has 5 heteroatoms. The van der Waals surface area contributed by atoms with Crippen LogP contribution in [0.5, 0.6) is 0 Å². The van der Waals surface area contributed by atoms with Gasteiger partial charge in [-0.15, -0.1) is 16.9 Å². The minimum atomic E-state index is -1.33. The Morgan fingerprint density at radius 3 is 2.72 bits per heavy atom. The molecule has 1 aromatic heterocycles. The van der Waals surface area contributed by atoms with Crippen LogP contribution in [-0.2, 0) is 11.2 Å². The van der Waals surface area contributed by atoms with Crippen molar-refractivity contribution < 1.29 is 4.79 Å². The van der Waals surface area contributed by atoms with Crippen LogP contribution >= 0.6 is 11.3 Å². The van der Waals surface area contributed by atoms with Gasteiger partial charge in [-0.3, -0.25) is 4.79 Å². The van der Waals surface area contributed by atoms with Gasteiger partial charge in [0.15, 0.2) is 0 Å². The molecule has 0 aliphatic heterocycles. The largest absolute Gasteiger partial charge is 0.346 e. The van der Waals surface area contributed by atoms with Gasteiger partial charge >= 0.3 is 0 Å². The van der Waals surface area contributed by atoms with Crippen molar-refractivity contribution in [3.8, 4) is 11.5 Å². The summed E-state index contributed by atoms with van der Waals surface area (Å²) in [5.74, 6) is 3.23. The predicted molar refractivity (Wildman–Crippen MR) is 79.4 cm³/mol. The standard InChI is InChI=1S/C13H20N2OSSi/c1-11(16)15(2)8-6-13-14-12(10-17-13)7-9-18(3,4)5/h10H,6,8H2,1-5H3. The number of carbonyl (C=O) groups is 1. The number of aromatic nitrogens is 1. The average Bonchev–Trinajstić information content (AvgIpc) is 2.70. The van der Waals surface area contributed by atoms with Crippen molar-refractivity contribution in [2.45, 2.75) is 33.0 Å². The Bertz CT molecular complexity index is 479. The summed E-state index contributed by atoms with van der Waals surface area (Å²) in [6, 6.07) is 0. The van der Waals surface area contributed by atoms with Crippen molar-refractivity contribution in [3.05, 3.63) is 16.1 Å². The fraction of sp³-hybridized carbons (Fsp3) is 0.538. The van der Waals surface area contributed by atoms with Crippen molar-refractivity contribution >= 4 is 25.3 Å². The predicted octanol–water partition coefficient (Wildman–Crippen LogP) is 2.39. The van der Waals surface area contributed by atoms with Crippen molar-refractivity contribution in [1.29, 1.82) is 0 Å². The first-order valence-electron chi connectivity index (χ1n) is 5.97. The molecular formula is C13H20N2OSSi. The highest BCUT2D eigenvalue weighted by molar-refractivity contribution is 7.09. The minimum Gasteiger partial charge on any atom is -0.346 e. The molecule has 0 bridgehead atoms. The molecule has 0 saturated carbocycles. The molecular weight excluding hydrogens is 260 g/mol. The fourth-order valence-corrected chi connectivity index (χ4v) is 2.38. The second kappa shape index (κ2) is 6.16. The second-order valence-corrected chi connectivity index (χ2v) is 11.0. The molecule has 0 aliphatic rings. The number of likely N-dealkylation sites (N-methyl/N-ethyl adjacent to an activating group) is 1. The van der Waals surface area contributed by atoms with Crippen LogP contribution in [0, 0.1) is 11.5 Å². The average molecular weight is 280 g/mol. The quantitative estimate of drug-likeness (QED) is 0.629. The maximum Gasteiger partial charge on any atom is 0.219 e. The van der Waals surface area contributed by atoms with Crippen LogP contribution in [0.15, 0.2) is 5.38 Å². The zero-order valence-electron chi connectivity index (χ0n) is 11.7. The number of hydrogen-bond donors (Lipinski definition) is 0. The Balaban J connectivity index is 2.58. The maximum absolute atomic E-state index is 11.1. The lowest BCUT2D eigenvalue weighted by Gasteiger charge is -2.12. The number of thiazole rings is 1. The highest BCUT2D eigenvalue weighted by atomic mass is 32.1. The molecule has 0 N–H and O–H groups in total. The van der Waals surface area contributed by atoms with Gasteiger partial charge in [0.25, 0.3) is 0 Å². The number of carbonyl (C=O) groups excluding carboxylic acids is 1. The molecule has 1 rings (SSSR count). The van der Waals surface area contributed by atoms with Crippen molar-refractivity contribution in [2.75, 3.05) is 13.6 Å². The van der Waals surface area contributed by atoms with Gasteiger partial charge in [0.05, 0.1) is 5.01 Å². The smallest absolute Gasteiger partial charge is 0.219 e. The van der Waals surface area contributed by atoms with E-state index in [-0.39, 0.29) is 5.91 Å². The lowest BCUT2D eigenvalue weighted by atomic mass is 10.4. The molecule has 0 fully saturated rings. The van der Waals surface area contributed by atoms with E-state index in [1.807, 2.05) is 12.4 Å². The van der Waals surface area contributed by atoms with Crippen molar-refractivity contribution in [2.24, 2.45) is 0 Å². The topological polar surface area (TPSA) is 33.2 Å². The molecule has 0 spiro atoms. The van der Waals surface area contributed by atoms with E-state index in [2.05, 4.69) is 36.1 Å². The molecule has 0 radical (unpaired) electrons. The summed E-state index contributed by atoms with van der Waals surface area (Å²) >= 11 is 1.62. The van der Waals surface area contributed by atoms with E-state index in [0.717, 1.165) is 17.1 Å². The second-order valence-electron chi connectivity index (χ2n) is 5.32. The van der Waals surface area contributed by atoms with Gasteiger partial charge in [-0.1, -0.05) is 25.6 Å². The first kappa shape index (κ1) is 14.9. The van der Waals surface area contributed by atoms with Gasteiger partial charge < -0.3 is 4.90 Å². The zero-order chi connectivity index (χ0) is 13.8. The Kier molecular flexibility index (Phi) is 5.11. The maximum atomic E-state index is 11.1. The molecule has 18 heavy (non-hydrogen) atoms. The van der Waals surface area contributed by atoms with Gasteiger partial charge in [0.1, 0.15) is 13.8 Å². The van der Waals surface area contributed by atoms with E-state index in [1.54, 1.807) is 23.2 Å². The molecule has 0 aromatic carbocycles. The zero-order valence-corrected chi connectivity index (χ0v) is 13.5. The number of nitrogens with zero attached hydrogens (tertiary/aromatic N) is 2. The van der Waals surface area contributed by atoms with E-state index >= 15 is 0 Å². The number of hydrogen-bond acceptors (Lipinski definition) is 3. The molecule has 1 heterocycles. The van der Waals surface area contributed by atoms with Crippen LogP contribution in [0.25, 0.3) is 0 Å². The first-order valence-corrected chi connectivity index (χ1v) is 10.4. The molecule has 1 amide bonds. The Hall–Kier alpha value is -1.12. The summed E-state index contributed by atoms with van der Waals surface area (Å²) in [7, 11) is 0.476. The Labute approximate surface area is 114 Å². The highest BCUT2D eigenvalue weighted by Crippen LogP contribution is 2.10. The van der Waals surface area contributed by atoms with E-state index in [4.69, 9.17) is 0 Å². The van der Waals surface area contributed by atoms with Crippen LogP contribution in [-0.4, -0.2) is 37.5 Å². The molecule has 0 saturated heterocycles. The summed E-state index contributed by atoms with van der Waals surface area (Å²) in [5.41, 5.74) is 4.17. The van der Waals surface area contributed by atoms with Crippen LogP contribution in [0.1, 0.15) is 17.6 Å². The third-order valence-corrected chi connectivity index (χ3v) is 4.10. The van der Waals surface area contributed by atoms with Crippen molar-refractivity contribution in [1.82, 2.24) is 9.88 Å². The van der Waals surface area contributed by atoms with E-state index in [1.165, 1.54) is 0 Å². The van der Waals surface area contributed by atoms with Crippen LogP contribution in [0.2, 0.25) is 19.6 Å². The molecule has 0 aliphatic carbocycles. The Morgan fingerprint density at radius 1 is 1.50 bits per heavy atom. The normalized spacial score (nSPS) is 10.7. The van der Waals surface area contributed by atoms with Gasteiger partial charge in [-0.25, -0.2) is 4.98 Å². The lowest BCUT2D eigenvalue weighted by Crippen LogP contribution is -2.26. The minimum absolute atomic E-state index is 0.0882. The summed E-state index contributed by atoms with van der Waals surface area (Å²) in [6.45, 7) is 8.94. The molecule has 0 unspecified atom stereocenters. The number of rotatable bonds is 3. The summed E-state index contributed by atoms with van der Waals surface area (Å²) in [6.07, 6.45) is 0.801. The van der Waals surface area contributed by atoms with Crippen LogP contribution in [0.4, 0.5) is 0 Å². The molecule has 98 valence electrons. The lowest BCUT2D eigenvalue weighted by molar-refractivity contribution is -0.127. The van der Waals surface area contributed by atoms with E-state index in [0.29, 0.717) is 6.54 Å². The molecule has 3 nitrogen and oxygen atoms in total. The third-order valence-electron chi connectivity index (χ3n) is 2.32. The monoisotopic (exact) mass is 280 g/mol. The number of amides is 1. The van der Waals surface area contributed by atoms with Crippen LogP contribution < -0.4 is 0 Å². The van der Waals surface area contributed by atoms with Gasteiger partial charge in [-0.05, 0) is 0 Å². The SMILES string of the molecule is CC(=O)N(C)CCc1nc(C#C[Si](C)(C)C)cs1. The van der Waals surface area contributed by atoms with E-state index < -0.39 is 8.07 Å². The van der Waals surface area contributed by atoms with Crippen LogP contribution in [0.3, 0.4) is 0 Å². The highest BCUT2D eigenvalue weighted by Gasteiger charge is 2.08. The summed E-state index contributed by atoms with van der Waals surface area (Å²) < 4.78 is 0. The van der Waals surface area contributed by atoms with Gasteiger partial charge in [-0.2, -0.15) is 0 Å². The molecule has 1 aromatic rings. The Morgan fingerprint density at radius 2 is 2.17 bits per heavy atom. The van der Waals surface area contributed by atoms with E-state index in [9.17, 15) is 4.79 Å². The third kappa shape index (κ3) is 5.47. The summed E-state index contributed by atoms with van der Waals surface area (Å²) in [5, 5.41) is 3.04. The van der Waals surface area contributed by atoms with Crippen molar-refractivity contribution in [3.63, 3.8) is 0 Å². The summed E-state index contributed by atoms with van der Waals surface area (Å²) in [4.78, 5) is 17.3. The first-order chi connectivity index (χ1) is 8.28.